The summed E-state index contributed by atoms with van der Waals surface area (Å²) < 4.78 is 1.85. The smallest absolute Gasteiger partial charge is 0.266 e. The van der Waals surface area contributed by atoms with Crippen molar-refractivity contribution in [3.05, 3.63) is 75.9 Å². The summed E-state index contributed by atoms with van der Waals surface area (Å²) in [7, 11) is 0. The second kappa shape index (κ2) is 4.89. The molecule has 0 radical (unpaired) electrons. The van der Waals surface area contributed by atoms with E-state index < -0.39 is 0 Å². The molecule has 0 saturated carbocycles. The highest BCUT2D eigenvalue weighted by atomic mass is 32.1. The molecule has 0 aliphatic carbocycles. The molecule has 2 heterocycles. The van der Waals surface area contributed by atoms with Crippen LogP contribution < -0.4 is 5.56 Å². The summed E-state index contributed by atoms with van der Waals surface area (Å²) in [4.78, 5) is 20.2. The van der Waals surface area contributed by atoms with Crippen molar-refractivity contribution in [1.82, 2.24) is 14.5 Å². The maximum absolute atomic E-state index is 12.7. The lowest BCUT2D eigenvalue weighted by Gasteiger charge is -2.08. The third-order valence-electron chi connectivity index (χ3n) is 3.64. The molecule has 0 atom stereocenters. The number of fused-ring (bicyclic) bond motifs is 2. The van der Waals surface area contributed by atoms with E-state index in [1.807, 2.05) is 48.5 Å². The lowest BCUT2D eigenvalue weighted by atomic mass is 10.2. The Balaban J connectivity index is 2.07. The van der Waals surface area contributed by atoms with Crippen molar-refractivity contribution < 1.29 is 0 Å². The number of hydrogen-bond donors (Lipinski definition) is 1. The molecule has 0 aliphatic heterocycles. The normalized spacial score (nSPS) is 11.1. The Hall–Kier alpha value is -2.79. The van der Waals surface area contributed by atoms with Crippen LogP contribution in [0, 0.1) is 4.77 Å². The second-order valence-corrected chi connectivity index (χ2v) is 5.39. The van der Waals surface area contributed by atoms with Crippen LogP contribution in [0.4, 0.5) is 0 Å². The highest BCUT2D eigenvalue weighted by Gasteiger charge is 2.08. The zero-order valence-electron chi connectivity index (χ0n) is 11.5. The molecule has 0 fully saturated rings. The summed E-state index contributed by atoms with van der Waals surface area (Å²) in [6.45, 7) is 0. The van der Waals surface area contributed by atoms with E-state index in [-0.39, 0.29) is 5.56 Å². The Morgan fingerprint density at radius 1 is 1.05 bits per heavy atom. The van der Waals surface area contributed by atoms with Crippen LogP contribution in [0.1, 0.15) is 0 Å². The summed E-state index contributed by atoms with van der Waals surface area (Å²) in [5.74, 6) is 0. The fourth-order valence-corrected chi connectivity index (χ4v) is 2.88. The largest absolute Gasteiger partial charge is 0.331 e. The van der Waals surface area contributed by atoms with Crippen LogP contribution in [0.3, 0.4) is 0 Å². The van der Waals surface area contributed by atoms with Gasteiger partial charge in [0.05, 0.1) is 28.3 Å². The Labute approximate surface area is 130 Å². The van der Waals surface area contributed by atoms with Gasteiger partial charge in [0.1, 0.15) is 0 Å². The molecule has 2 aromatic heterocycles. The molecule has 0 amide bonds. The minimum atomic E-state index is -0.142. The van der Waals surface area contributed by atoms with Crippen molar-refractivity contribution in [2.24, 2.45) is 0 Å². The molecule has 5 heteroatoms. The van der Waals surface area contributed by atoms with Crippen molar-refractivity contribution in [3.8, 4) is 5.69 Å². The van der Waals surface area contributed by atoms with Crippen LogP contribution in [-0.2, 0) is 0 Å². The molecule has 4 aromatic rings. The molecular weight excluding hydrogens is 294 g/mol. The minimum absolute atomic E-state index is 0.142. The molecule has 22 heavy (non-hydrogen) atoms. The number of nitrogens with one attached hydrogen (secondary N) is 1. The van der Waals surface area contributed by atoms with Gasteiger partial charge >= 0.3 is 0 Å². The molecule has 4 nitrogen and oxygen atoms in total. The van der Waals surface area contributed by atoms with E-state index in [4.69, 9.17) is 12.2 Å². The van der Waals surface area contributed by atoms with E-state index in [0.717, 1.165) is 16.4 Å². The van der Waals surface area contributed by atoms with Gasteiger partial charge in [-0.05, 0) is 36.5 Å². The maximum Gasteiger partial charge on any atom is 0.266 e. The van der Waals surface area contributed by atoms with E-state index in [1.165, 1.54) is 4.57 Å². The van der Waals surface area contributed by atoms with Gasteiger partial charge in [0.2, 0.25) is 0 Å². The van der Waals surface area contributed by atoms with Gasteiger partial charge in [0.25, 0.3) is 5.56 Å². The van der Waals surface area contributed by atoms with Crippen molar-refractivity contribution in [2.45, 2.75) is 0 Å². The van der Waals surface area contributed by atoms with Crippen LogP contribution in [0.5, 0.6) is 0 Å². The van der Waals surface area contributed by atoms with E-state index in [0.29, 0.717) is 15.8 Å². The van der Waals surface area contributed by atoms with E-state index >= 15 is 0 Å². The third-order valence-corrected chi connectivity index (χ3v) is 3.92. The quantitative estimate of drug-likeness (QED) is 0.547. The summed E-state index contributed by atoms with van der Waals surface area (Å²) in [6.07, 6.45) is 1.67. The second-order valence-electron chi connectivity index (χ2n) is 5.00. The van der Waals surface area contributed by atoms with Crippen molar-refractivity contribution in [2.75, 3.05) is 0 Å². The highest BCUT2D eigenvalue weighted by molar-refractivity contribution is 7.71. The van der Waals surface area contributed by atoms with Gasteiger partial charge in [-0.1, -0.05) is 30.3 Å². The Kier molecular flexibility index (Phi) is 2.87. The molecule has 1 N–H and O–H groups in total. The Morgan fingerprint density at radius 2 is 1.82 bits per heavy atom. The zero-order valence-corrected chi connectivity index (χ0v) is 12.3. The summed E-state index contributed by atoms with van der Waals surface area (Å²) in [5, 5.41) is 1.57. The third kappa shape index (κ3) is 1.95. The van der Waals surface area contributed by atoms with Gasteiger partial charge in [-0.15, -0.1) is 0 Å². The average molecular weight is 305 g/mol. The van der Waals surface area contributed by atoms with Gasteiger partial charge < -0.3 is 4.98 Å². The number of aromatic nitrogens is 3. The zero-order chi connectivity index (χ0) is 15.1. The van der Waals surface area contributed by atoms with Crippen LogP contribution in [0.25, 0.3) is 27.5 Å². The summed E-state index contributed by atoms with van der Waals surface area (Å²) in [5.41, 5.74) is 2.14. The lowest BCUT2D eigenvalue weighted by molar-refractivity contribution is 0.935. The van der Waals surface area contributed by atoms with Crippen molar-refractivity contribution in [1.29, 1.82) is 0 Å². The molecule has 106 valence electrons. The van der Waals surface area contributed by atoms with E-state index in [1.54, 1.807) is 12.3 Å². The highest BCUT2D eigenvalue weighted by Crippen LogP contribution is 2.16. The molecule has 0 aliphatic rings. The van der Waals surface area contributed by atoms with E-state index in [9.17, 15) is 4.79 Å². The van der Waals surface area contributed by atoms with Crippen LogP contribution >= 0.6 is 12.2 Å². The number of pyridine rings is 1. The number of hydrogen-bond acceptors (Lipinski definition) is 3. The average Bonchev–Trinajstić information content (AvgIpc) is 2.55. The standard InChI is InChI=1S/C17H11N3OS/c21-16-13-6-2-4-8-15(13)19-17(22)20(16)12-9-11-5-1-3-7-14(11)18-10-12/h1-10H,(H,19,22). The summed E-state index contributed by atoms with van der Waals surface area (Å²) >= 11 is 5.35. The van der Waals surface area contributed by atoms with Gasteiger partial charge in [-0.25, -0.2) is 0 Å². The number of aromatic amines is 1. The predicted octanol–water partition coefficient (Wildman–Crippen LogP) is 3.60. The number of rotatable bonds is 1. The number of benzene rings is 2. The fourth-order valence-electron chi connectivity index (χ4n) is 2.58. The predicted molar refractivity (Wildman–Crippen MR) is 90.0 cm³/mol. The first-order chi connectivity index (χ1) is 10.7. The molecular formula is C17H11N3OS. The lowest BCUT2D eigenvalue weighted by Crippen LogP contribution is -2.20. The minimum Gasteiger partial charge on any atom is -0.331 e. The van der Waals surface area contributed by atoms with Crippen molar-refractivity contribution in [3.63, 3.8) is 0 Å². The van der Waals surface area contributed by atoms with E-state index in [2.05, 4.69) is 9.97 Å². The number of nitrogens with zero attached hydrogens (tertiary/aromatic N) is 2. The van der Waals surface area contributed by atoms with Gasteiger partial charge in [-0.3, -0.25) is 14.3 Å². The van der Waals surface area contributed by atoms with Crippen LogP contribution in [0.2, 0.25) is 0 Å². The van der Waals surface area contributed by atoms with Crippen LogP contribution in [-0.4, -0.2) is 14.5 Å². The summed E-state index contributed by atoms with van der Waals surface area (Å²) in [6, 6.07) is 17.0. The van der Waals surface area contributed by atoms with Crippen molar-refractivity contribution >= 4 is 34.0 Å². The molecule has 0 spiro atoms. The first-order valence-corrected chi connectivity index (χ1v) is 7.24. The molecule has 0 saturated heterocycles. The number of para-hydroxylation sites is 2. The van der Waals surface area contributed by atoms with Gasteiger partial charge in [0, 0.05) is 5.39 Å². The first kappa shape index (κ1) is 12.9. The molecule has 2 aromatic carbocycles. The van der Waals surface area contributed by atoms with Crippen LogP contribution in [0.15, 0.2) is 65.6 Å². The van der Waals surface area contributed by atoms with Gasteiger partial charge in [0.15, 0.2) is 4.77 Å². The number of H-pyrrole nitrogens is 1. The monoisotopic (exact) mass is 305 g/mol. The topological polar surface area (TPSA) is 50.7 Å². The SMILES string of the molecule is O=c1c2ccccc2[nH]c(=S)n1-c1cnc2ccccc2c1. The molecule has 0 bridgehead atoms. The fraction of sp³-hybridized carbons (Fsp3) is 0. The maximum atomic E-state index is 12.7. The molecule has 4 rings (SSSR count). The Morgan fingerprint density at radius 3 is 2.73 bits per heavy atom. The molecule has 0 unspecified atom stereocenters. The first-order valence-electron chi connectivity index (χ1n) is 6.83. The Bertz CT molecular complexity index is 1130. The van der Waals surface area contributed by atoms with Gasteiger partial charge in [-0.2, -0.15) is 0 Å².